The Morgan fingerprint density at radius 3 is 2.54 bits per heavy atom. The summed E-state index contributed by atoms with van der Waals surface area (Å²) in [5, 5.41) is 9.12. The molecular formula is C19H26N4O3. The van der Waals surface area contributed by atoms with Crippen LogP contribution >= 0.6 is 0 Å². The largest absolute Gasteiger partial charge is 0.363 e. The molecule has 2 aromatic rings. The molecule has 0 aliphatic heterocycles. The maximum Gasteiger partial charge on any atom is 0.322 e. The number of carbonyl (C=O) groups is 2. The molecule has 140 valence electrons. The third kappa shape index (κ3) is 5.91. The molecule has 1 aromatic carbocycles. The number of rotatable bonds is 7. The Bertz CT molecular complexity index is 741. The van der Waals surface area contributed by atoms with Gasteiger partial charge in [0.15, 0.2) is 5.82 Å². The number of aromatic nitrogens is 1. The molecule has 0 aliphatic carbocycles. The monoisotopic (exact) mass is 358 g/mol. The van der Waals surface area contributed by atoms with Gasteiger partial charge >= 0.3 is 6.03 Å². The van der Waals surface area contributed by atoms with Gasteiger partial charge in [-0.2, -0.15) is 0 Å². The van der Waals surface area contributed by atoms with Gasteiger partial charge in [0, 0.05) is 18.3 Å². The van der Waals surface area contributed by atoms with Crippen molar-refractivity contribution in [1.82, 2.24) is 10.1 Å². The predicted molar refractivity (Wildman–Crippen MR) is 101 cm³/mol. The minimum Gasteiger partial charge on any atom is -0.363 e. The molecule has 0 bridgehead atoms. The number of amides is 3. The first kappa shape index (κ1) is 19.5. The summed E-state index contributed by atoms with van der Waals surface area (Å²) in [5.41, 5.74) is 2.97. The van der Waals surface area contributed by atoms with Gasteiger partial charge in [0.25, 0.3) is 0 Å². The summed E-state index contributed by atoms with van der Waals surface area (Å²) in [6.45, 7) is 8.59. The van der Waals surface area contributed by atoms with Gasteiger partial charge in [0.2, 0.25) is 5.91 Å². The van der Waals surface area contributed by atoms with Crippen LogP contribution in [0.3, 0.4) is 0 Å². The fourth-order valence-corrected chi connectivity index (χ4v) is 2.32. The van der Waals surface area contributed by atoms with Crippen LogP contribution in [0.25, 0.3) is 0 Å². The van der Waals surface area contributed by atoms with Crippen molar-refractivity contribution in [3.8, 4) is 0 Å². The van der Waals surface area contributed by atoms with E-state index < -0.39 is 0 Å². The van der Waals surface area contributed by atoms with Crippen molar-refractivity contribution in [2.24, 2.45) is 5.92 Å². The molecule has 7 nitrogen and oxygen atoms in total. The Labute approximate surface area is 153 Å². The van der Waals surface area contributed by atoms with Gasteiger partial charge in [-0.15, -0.1) is 0 Å². The van der Waals surface area contributed by atoms with Crippen LogP contribution in [0, 0.1) is 19.8 Å². The number of urea groups is 1. The second-order valence-corrected chi connectivity index (χ2v) is 6.77. The number of carbonyl (C=O) groups excluding carboxylic acids is 2. The normalized spacial score (nSPS) is 10.7. The topological polar surface area (TPSA) is 87.5 Å². The van der Waals surface area contributed by atoms with Crippen LogP contribution in [0.4, 0.5) is 16.3 Å². The lowest BCUT2D eigenvalue weighted by Crippen LogP contribution is -2.41. The molecule has 2 rings (SSSR count). The Kier molecular flexibility index (Phi) is 6.77. The third-order valence-corrected chi connectivity index (χ3v) is 4.06. The first-order valence-corrected chi connectivity index (χ1v) is 8.68. The molecule has 7 heteroatoms. The number of benzene rings is 1. The van der Waals surface area contributed by atoms with Crippen LogP contribution in [-0.4, -0.2) is 35.1 Å². The lowest BCUT2D eigenvalue weighted by atomic mass is 10.1. The van der Waals surface area contributed by atoms with Crippen LogP contribution in [0.15, 0.2) is 35.1 Å². The van der Waals surface area contributed by atoms with Crippen LogP contribution in [0.5, 0.6) is 0 Å². The molecule has 1 heterocycles. The van der Waals surface area contributed by atoms with Gasteiger partial charge in [-0.05, 0) is 49.4 Å². The molecule has 0 saturated carbocycles. The summed E-state index contributed by atoms with van der Waals surface area (Å²) in [4.78, 5) is 26.4. The number of aryl methyl sites for hydroxylation is 2. The lowest BCUT2D eigenvalue weighted by Gasteiger charge is -2.23. The minimum absolute atomic E-state index is 0.0593. The molecule has 1 aromatic heterocycles. The quantitative estimate of drug-likeness (QED) is 0.788. The molecule has 0 unspecified atom stereocenters. The van der Waals surface area contributed by atoms with Gasteiger partial charge in [0.05, 0.1) is 0 Å². The minimum atomic E-state index is -0.321. The summed E-state index contributed by atoms with van der Waals surface area (Å²) in [7, 11) is 0. The maximum absolute atomic E-state index is 12.7. The molecule has 0 saturated heterocycles. The van der Waals surface area contributed by atoms with E-state index in [1.807, 2.05) is 32.0 Å². The van der Waals surface area contributed by atoms with E-state index in [1.54, 1.807) is 6.07 Å². The third-order valence-electron chi connectivity index (χ3n) is 4.06. The summed E-state index contributed by atoms with van der Waals surface area (Å²) < 4.78 is 4.69. The summed E-state index contributed by atoms with van der Waals surface area (Å²) in [5.74, 6) is 0.428. The molecular weight excluding hydrogens is 332 g/mol. The number of nitrogens with zero attached hydrogens (tertiary/aromatic N) is 2. The average molecular weight is 358 g/mol. The molecule has 2 N–H and O–H groups in total. The average Bonchev–Trinajstić information content (AvgIpc) is 3.07. The van der Waals surface area contributed by atoms with Crippen molar-refractivity contribution < 1.29 is 14.1 Å². The van der Waals surface area contributed by atoms with Crippen molar-refractivity contribution in [2.75, 3.05) is 23.7 Å². The van der Waals surface area contributed by atoms with Crippen LogP contribution in [0.1, 0.15) is 31.4 Å². The van der Waals surface area contributed by atoms with E-state index in [9.17, 15) is 9.59 Å². The number of nitrogens with one attached hydrogen (secondary N) is 2. The lowest BCUT2D eigenvalue weighted by molar-refractivity contribution is -0.116. The van der Waals surface area contributed by atoms with Crippen molar-refractivity contribution >= 4 is 23.4 Å². The van der Waals surface area contributed by atoms with Gasteiger partial charge in [-0.25, -0.2) is 4.79 Å². The standard InChI is InChI=1S/C19H26N4O3/c1-13(2)7-9-23(12-18(24)21-17-8-10-26-22-17)19(25)20-16-6-5-14(3)15(4)11-16/h5-6,8,10-11,13H,7,9,12H2,1-4H3,(H,20,25)(H,21,22,24). The predicted octanol–water partition coefficient (Wildman–Crippen LogP) is 3.81. The van der Waals surface area contributed by atoms with E-state index in [0.717, 1.165) is 17.5 Å². The van der Waals surface area contributed by atoms with Crippen LogP contribution < -0.4 is 10.6 Å². The van der Waals surface area contributed by atoms with E-state index in [2.05, 4.69) is 34.2 Å². The summed E-state index contributed by atoms with van der Waals surface area (Å²) in [6.07, 6.45) is 2.18. The zero-order valence-corrected chi connectivity index (χ0v) is 15.7. The van der Waals surface area contributed by atoms with E-state index >= 15 is 0 Å². The highest BCUT2D eigenvalue weighted by Gasteiger charge is 2.18. The fourth-order valence-electron chi connectivity index (χ4n) is 2.32. The van der Waals surface area contributed by atoms with E-state index in [0.29, 0.717) is 24.0 Å². The highest BCUT2D eigenvalue weighted by molar-refractivity contribution is 5.96. The van der Waals surface area contributed by atoms with Crippen LogP contribution in [0.2, 0.25) is 0 Å². The van der Waals surface area contributed by atoms with E-state index in [-0.39, 0.29) is 18.5 Å². The Morgan fingerprint density at radius 2 is 1.92 bits per heavy atom. The van der Waals surface area contributed by atoms with Crippen molar-refractivity contribution in [3.05, 3.63) is 41.7 Å². The van der Waals surface area contributed by atoms with Gasteiger partial charge in [0.1, 0.15) is 12.8 Å². The number of anilines is 2. The SMILES string of the molecule is Cc1ccc(NC(=O)N(CCC(C)C)CC(=O)Nc2ccon2)cc1C. The number of hydrogen-bond donors (Lipinski definition) is 2. The highest BCUT2D eigenvalue weighted by atomic mass is 16.5. The van der Waals surface area contributed by atoms with Crippen molar-refractivity contribution in [3.63, 3.8) is 0 Å². The van der Waals surface area contributed by atoms with Crippen molar-refractivity contribution in [1.29, 1.82) is 0 Å². The highest BCUT2D eigenvalue weighted by Crippen LogP contribution is 2.15. The van der Waals surface area contributed by atoms with E-state index in [4.69, 9.17) is 0 Å². The van der Waals surface area contributed by atoms with Crippen LogP contribution in [-0.2, 0) is 4.79 Å². The summed E-state index contributed by atoms with van der Waals surface area (Å²) in [6, 6.07) is 6.98. The first-order chi connectivity index (χ1) is 12.3. The zero-order valence-electron chi connectivity index (χ0n) is 15.7. The van der Waals surface area contributed by atoms with Crippen molar-refractivity contribution in [2.45, 2.75) is 34.1 Å². The number of hydrogen-bond acceptors (Lipinski definition) is 4. The first-order valence-electron chi connectivity index (χ1n) is 8.68. The molecule has 0 atom stereocenters. The molecule has 0 spiro atoms. The van der Waals surface area contributed by atoms with Gasteiger partial charge in [-0.3, -0.25) is 4.79 Å². The molecule has 0 fully saturated rings. The molecule has 26 heavy (non-hydrogen) atoms. The zero-order chi connectivity index (χ0) is 19.1. The second kappa shape index (κ2) is 9.03. The Balaban J connectivity index is 2.02. The molecule has 0 radical (unpaired) electrons. The maximum atomic E-state index is 12.7. The smallest absolute Gasteiger partial charge is 0.322 e. The second-order valence-electron chi connectivity index (χ2n) is 6.77. The molecule has 0 aliphatic rings. The molecule has 3 amide bonds. The Hall–Kier alpha value is -2.83. The fraction of sp³-hybridized carbons (Fsp3) is 0.421. The van der Waals surface area contributed by atoms with E-state index in [1.165, 1.54) is 11.2 Å². The van der Waals surface area contributed by atoms with Gasteiger partial charge < -0.3 is 20.1 Å². The van der Waals surface area contributed by atoms with Gasteiger partial charge in [-0.1, -0.05) is 25.1 Å². The Morgan fingerprint density at radius 1 is 1.15 bits per heavy atom. The summed E-state index contributed by atoms with van der Waals surface area (Å²) >= 11 is 0.